The van der Waals surface area contributed by atoms with Crippen LogP contribution in [0, 0.1) is 5.41 Å². The van der Waals surface area contributed by atoms with Crippen molar-refractivity contribution in [2.45, 2.75) is 39.2 Å². The first-order valence-electron chi connectivity index (χ1n) is 5.59. The van der Waals surface area contributed by atoms with Gasteiger partial charge in [0, 0.05) is 18.6 Å². The summed E-state index contributed by atoms with van der Waals surface area (Å²) < 4.78 is 12.6. The number of nitrogens with zero attached hydrogens (tertiary/aromatic N) is 1. The molecule has 0 amide bonds. The lowest BCUT2D eigenvalue weighted by molar-refractivity contribution is 0.0646. The van der Waals surface area contributed by atoms with Gasteiger partial charge in [-0.1, -0.05) is 32.9 Å². The van der Waals surface area contributed by atoms with E-state index in [1.54, 1.807) is 0 Å². The standard InChI is InChI=1S/C13H20FN/c1-10-5-13(12(2,3)4)6-11(7-14)9-15(13)8-10/h7H,1,5-6,8-9H2,2-4H3/b11-7-. The molecule has 1 atom stereocenters. The molecule has 2 saturated heterocycles. The van der Waals surface area contributed by atoms with Gasteiger partial charge in [0.05, 0.1) is 6.33 Å². The van der Waals surface area contributed by atoms with Gasteiger partial charge in [0.15, 0.2) is 0 Å². The minimum absolute atomic E-state index is 0.113. The van der Waals surface area contributed by atoms with Crippen molar-refractivity contribution in [3.63, 3.8) is 0 Å². The van der Waals surface area contributed by atoms with Crippen molar-refractivity contribution in [3.8, 4) is 0 Å². The van der Waals surface area contributed by atoms with E-state index < -0.39 is 0 Å². The molecule has 2 heterocycles. The predicted octanol–water partition coefficient (Wildman–Crippen LogP) is 3.29. The van der Waals surface area contributed by atoms with Crippen LogP contribution in [0.3, 0.4) is 0 Å². The van der Waals surface area contributed by atoms with Crippen molar-refractivity contribution in [2.75, 3.05) is 13.1 Å². The third-order valence-corrected chi connectivity index (χ3v) is 4.03. The first kappa shape index (κ1) is 10.9. The van der Waals surface area contributed by atoms with E-state index in [2.05, 4.69) is 32.3 Å². The van der Waals surface area contributed by atoms with Gasteiger partial charge in [-0.3, -0.25) is 4.90 Å². The molecule has 2 aliphatic rings. The molecule has 2 heteroatoms. The molecule has 84 valence electrons. The van der Waals surface area contributed by atoms with Gasteiger partial charge in [0.25, 0.3) is 0 Å². The minimum Gasteiger partial charge on any atom is -0.289 e. The van der Waals surface area contributed by atoms with E-state index in [1.807, 2.05) is 0 Å². The Labute approximate surface area is 91.7 Å². The zero-order valence-electron chi connectivity index (χ0n) is 9.94. The van der Waals surface area contributed by atoms with E-state index in [-0.39, 0.29) is 11.0 Å². The van der Waals surface area contributed by atoms with Gasteiger partial charge >= 0.3 is 0 Å². The predicted molar refractivity (Wildman–Crippen MR) is 61.3 cm³/mol. The van der Waals surface area contributed by atoms with E-state index in [0.717, 1.165) is 37.8 Å². The average molecular weight is 209 g/mol. The second-order valence-electron chi connectivity index (χ2n) is 6.01. The van der Waals surface area contributed by atoms with Gasteiger partial charge in [0.1, 0.15) is 0 Å². The van der Waals surface area contributed by atoms with E-state index >= 15 is 0 Å². The normalized spacial score (nSPS) is 35.2. The molecule has 1 unspecified atom stereocenters. The SMILES string of the molecule is C=C1CN2C/C(=C\F)CC2(C(C)(C)C)C1. The lowest BCUT2D eigenvalue weighted by Gasteiger charge is -2.43. The molecule has 0 aromatic heterocycles. The molecule has 0 radical (unpaired) electrons. The van der Waals surface area contributed by atoms with Crippen molar-refractivity contribution in [3.05, 3.63) is 24.1 Å². The smallest absolute Gasteiger partial charge is 0.0872 e. The lowest BCUT2D eigenvalue weighted by Crippen LogP contribution is -2.48. The van der Waals surface area contributed by atoms with Crippen molar-refractivity contribution in [1.82, 2.24) is 4.90 Å². The molecule has 0 aromatic carbocycles. The number of fused-ring (bicyclic) bond motifs is 1. The number of hydrogen-bond acceptors (Lipinski definition) is 1. The van der Waals surface area contributed by atoms with Crippen molar-refractivity contribution < 1.29 is 4.39 Å². The van der Waals surface area contributed by atoms with Crippen LogP contribution in [0.1, 0.15) is 33.6 Å². The summed E-state index contributed by atoms with van der Waals surface area (Å²) in [6, 6.07) is 0. The molecule has 0 bridgehead atoms. The van der Waals surface area contributed by atoms with E-state index in [9.17, 15) is 4.39 Å². The Bertz CT molecular complexity index is 324. The molecule has 0 spiro atoms. The summed E-state index contributed by atoms with van der Waals surface area (Å²) in [6.07, 6.45) is 2.69. The summed E-state index contributed by atoms with van der Waals surface area (Å²) in [5.41, 5.74) is 2.53. The molecule has 0 aliphatic carbocycles. The first-order valence-corrected chi connectivity index (χ1v) is 5.59. The van der Waals surface area contributed by atoms with Gasteiger partial charge in [0.2, 0.25) is 0 Å². The van der Waals surface area contributed by atoms with Crippen molar-refractivity contribution in [2.24, 2.45) is 5.41 Å². The molecule has 2 aliphatic heterocycles. The number of halogens is 1. The molecule has 15 heavy (non-hydrogen) atoms. The third kappa shape index (κ3) is 1.46. The van der Waals surface area contributed by atoms with Crippen LogP contribution in [-0.2, 0) is 0 Å². The molecular formula is C13H20FN. The zero-order valence-corrected chi connectivity index (χ0v) is 9.94. The monoisotopic (exact) mass is 209 g/mol. The molecule has 2 fully saturated rings. The lowest BCUT2D eigenvalue weighted by atomic mass is 9.70. The highest BCUT2D eigenvalue weighted by atomic mass is 19.1. The van der Waals surface area contributed by atoms with Crippen molar-refractivity contribution >= 4 is 0 Å². The van der Waals surface area contributed by atoms with Crippen LogP contribution in [0.15, 0.2) is 24.1 Å². The first-order chi connectivity index (χ1) is 6.89. The summed E-state index contributed by atoms with van der Waals surface area (Å²) in [6.45, 7) is 12.6. The minimum atomic E-state index is 0.113. The Morgan fingerprint density at radius 3 is 2.47 bits per heavy atom. The second-order valence-corrected chi connectivity index (χ2v) is 6.01. The largest absolute Gasteiger partial charge is 0.289 e. The maximum Gasteiger partial charge on any atom is 0.0872 e. The van der Waals surface area contributed by atoms with Crippen LogP contribution in [0.5, 0.6) is 0 Å². The van der Waals surface area contributed by atoms with Gasteiger partial charge in [-0.25, -0.2) is 4.39 Å². The Morgan fingerprint density at radius 2 is 2.00 bits per heavy atom. The Balaban J connectivity index is 2.38. The Morgan fingerprint density at radius 1 is 1.33 bits per heavy atom. The summed E-state index contributed by atoms with van der Waals surface area (Å²) in [7, 11) is 0. The van der Waals surface area contributed by atoms with Gasteiger partial charge in [-0.2, -0.15) is 0 Å². The van der Waals surface area contributed by atoms with Crippen molar-refractivity contribution in [1.29, 1.82) is 0 Å². The number of hydrogen-bond donors (Lipinski definition) is 0. The maximum absolute atomic E-state index is 12.6. The Hall–Kier alpha value is -0.630. The van der Waals surface area contributed by atoms with Crippen LogP contribution in [0.25, 0.3) is 0 Å². The topological polar surface area (TPSA) is 3.24 Å². The van der Waals surface area contributed by atoms with Crippen LogP contribution < -0.4 is 0 Å². The molecular weight excluding hydrogens is 189 g/mol. The highest BCUT2D eigenvalue weighted by molar-refractivity contribution is 5.29. The number of rotatable bonds is 0. The summed E-state index contributed by atoms with van der Waals surface area (Å²) >= 11 is 0. The molecule has 2 rings (SSSR count). The zero-order chi connectivity index (χ0) is 11.3. The molecule has 0 saturated carbocycles. The summed E-state index contributed by atoms with van der Waals surface area (Å²) in [5, 5.41) is 0. The van der Waals surface area contributed by atoms with Crippen LogP contribution in [-0.4, -0.2) is 23.5 Å². The molecule has 0 aromatic rings. The fourth-order valence-corrected chi connectivity index (χ4v) is 3.14. The Kier molecular flexibility index (Phi) is 2.30. The fraction of sp³-hybridized carbons (Fsp3) is 0.692. The van der Waals surface area contributed by atoms with Crippen LogP contribution >= 0.6 is 0 Å². The van der Waals surface area contributed by atoms with E-state index in [0.29, 0.717) is 0 Å². The van der Waals surface area contributed by atoms with Gasteiger partial charge in [-0.05, 0) is 23.8 Å². The quantitative estimate of drug-likeness (QED) is 0.553. The maximum atomic E-state index is 12.6. The molecule has 1 nitrogen and oxygen atoms in total. The van der Waals surface area contributed by atoms with E-state index in [4.69, 9.17) is 0 Å². The highest BCUT2D eigenvalue weighted by Crippen LogP contribution is 2.52. The fourth-order valence-electron chi connectivity index (χ4n) is 3.14. The van der Waals surface area contributed by atoms with Crippen LogP contribution in [0.4, 0.5) is 4.39 Å². The van der Waals surface area contributed by atoms with Gasteiger partial charge in [-0.15, -0.1) is 0 Å². The highest BCUT2D eigenvalue weighted by Gasteiger charge is 2.54. The molecule has 0 N–H and O–H groups in total. The van der Waals surface area contributed by atoms with Crippen LogP contribution in [0.2, 0.25) is 0 Å². The average Bonchev–Trinajstić information content (AvgIpc) is 2.55. The van der Waals surface area contributed by atoms with E-state index in [1.165, 1.54) is 5.57 Å². The summed E-state index contributed by atoms with van der Waals surface area (Å²) in [4.78, 5) is 2.40. The third-order valence-electron chi connectivity index (χ3n) is 4.03. The second kappa shape index (κ2) is 3.18. The van der Waals surface area contributed by atoms with Gasteiger partial charge < -0.3 is 0 Å². The summed E-state index contributed by atoms with van der Waals surface area (Å²) in [5.74, 6) is 0.